The molecule has 0 bridgehead atoms. The van der Waals surface area contributed by atoms with E-state index in [1.807, 2.05) is 55.5 Å². The van der Waals surface area contributed by atoms with Gasteiger partial charge >= 0.3 is 0 Å². The van der Waals surface area contributed by atoms with Crippen molar-refractivity contribution in [3.63, 3.8) is 0 Å². The molecule has 0 aliphatic rings. The van der Waals surface area contributed by atoms with Gasteiger partial charge in [0.1, 0.15) is 9.88 Å². The molecule has 1 heterocycles. The molecule has 0 atom stereocenters. The third-order valence-corrected chi connectivity index (χ3v) is 5.65. The van der Waals surface area contributed by atoms with Crippen LogP contribution in [0.2, 0.25) is 0 Å². The highest BCUT2D eigenvalue weighted by Gasteiger charge is 2.17. The summed E-state index contributed by atoms with van der Waals surface area (Å²) in [5, 5.41) is 3.70. The fourth-order valence-corrected chi connectivity index (χ4v) is 3.96. The summed E-state index contributed by atoms with van der Waals surface area (Å²) in [4.78, 5) is 30.5. The van der Waals surface area contributed by atoms with Gasteiger partial charge in [0.2, 0.25) is 0 Å². The van der Waals surface area contributed by atoms with E-state index >= 15 is 0 Å². The Morgan fingerprint density at radius 3 is 2.21 bits per heavy atom. The Labute approximate surface area is 172 Å². The van der Waals surface area contributed by atoms with Gasteiger partial charge in [0.25, 0.3) is 5.91 Å². The van der Waals surface area contributed by atoms with Crippen molar-refractivity contribution in [1.29, 1.82) is 0 Å². The van der Waals surface area contributed by atoms with Crippen LogP contribution >= 0.6 is 11.3 Å². The summed E-state index contributed by atoms with van der Waals surface area (Å²) in [6, 6.07) is 25.8. The number of amides is 1. The number of aryl methyl sites for hydroxylation is 1. The molecule has 0 radical (unpaired) electrons. The van der Waals surface area contributed by atoms with E-state index in [1.54, 1.807) is 36.4 Å². The Hall–Kier alpha value is -3.57. The molecule has 0 aliphatic carbocycles. The number of nitrogens with one attached hydrogen (secondary N) is 1. The Bertz CT molecular complexity index is 1170. The van der Waals surface area contributed by atoms with E-state index in [1.165, 1.54) is 11.3 Å². The SMILES string of the molecule is Cc1nc(-c2ccccc2)sc1C(=O)Nc1cccc(C(=O)c2ccccc2)c1. The molecule has 4 nitrogen and oxygen atoms in total. The number of hydrogen-bond acceptors (Lipinski definition) is 4. The van der Waals surface area contributed by atoms with Crippen LogP contribution in [0.15, 0.2) is 84.9 Å². The van der Waals surface area contributed by atoms with Crippen LogP contribution in [0.4, 0.5) is 5.69 Å². The summed E-state index contributed by atoms with van der Waals surface area (Å²) in [5.41, 5.74) is 3.38. The van der Waals surface area contributed by atoms with Gasteiger partial charge in [-0.1, -0.05) is 72.8 Å². The smallest absolute Gasteiger partial charge is 0.267 e. The molecule has 0 spiro atoms. The molecule has 0 aliphatic heterocycles. The number of carbonyl (C=O) groups excluding carboxylic acids is 2. The van der Waals surface area contributed by atoms with Crippen LogP contribution in [-0.2, 0) is 0 Å². The zero-order valence-electron chi connectivity index (χ0n) is 15.8. The van der Waals surface area contributed by atoms with Gasteiger partial charge in [-0.25, -0.2) is 4.98 Å². The van der Waals surface area contributed by atoms with Crippen LogP contribution in [0.1, 0.15) is 31.3 Å². The molecule has 4 rings (SSSR count). The molecular formula is C24H18N2O2S. The molecule has 4 aromatic rings. The molecule has 142 valence electrons. The van der Waals surface area contributed by atoms with Crippen LogP contribution < -0.4 is 5.32 Å². The van der Waals surface area contributed by atoms with Crippen molar-refractivity contribution in [2.45, 2.75) is 6.92 Å². The number of ketones is 1. The molecule has 0 saturated heterocycles. The van der Waals surface area contributed by atoms with E-state index in [4.69, 9.17) is 0 Å². The quantitative estimate of drug-likeness (QED) is 0.445. The number of rotatable bonds is 5. The van der Waals surface area contributed by atoms with E-state index in [0.29, 0.717) is 27.4 Å². The zero-order chi connectivity index (χ0) is 20.2. The van der Waals surface area contributed by atoms with Crippen LogP contribution in [-0.4, -0.2) is 16.7 Å². The Kier molecular flexibility index (Phi) is 5.31. The number of carbonyl (C=O) groups is 2. The third kappa shape index (κ3) is 4.15. The molecular weight excluding hydrogens is 380 g/mol. The monoisotopic (exact) mass is 398 g/mol. The van der Waals surface area contributed by atoms with Crippen molar-refractivity contribution in [2.24, 2.45) is 0 Å². The van der Waals surface area contributed by atoms with Gasteiger partial charge in [-0.3, -0.25) is 9.59 Å². The van der Waals surface area contributed by atoms with Crippen LogP contribution in [0.3, 0.4) is 0 Å². The van der Waals surface area contributed by atoms with Crippen molar-refractivity contribution < 1.29 is 9.59 Å². The molecule has 0 unspecified atom stereocenters. The van der Waals surface area contributed by atoms with Crippen molar-refractivity contribution in [1.82, 2.24) is 4.98 Å². The predicted molar refractivity (Wildman–Crippen MR) is 117 cm³/mol. The van der Waals surface area contributed by atoms with Gasteiger partial charge in [-0.05, 0) is 19.1 Å². The maximum atomic E-state index is 12.8. The second kappa shape index (κ2) is 8.20. The van der Waals surface area contributed by atoms with Gasteiger partial charge in [0.15, 0.2) is 5.78 Å². The minimum absolute atomic E-state index is 0.0815. The maximum Gasteiger partial charge on any atom is 0.267 e. The van der Waals surface area contributed by atoms with E-state index in [-0.39, 0.29) is 11.7 Å². The summed E-state index contributed by atoms with van der Waals surface area (Å²) in [5.74, 6) is -0.312. The predicted octanol–water partition coefficient (Wildman–Crippen LogP) is 5.60. The molecule has 1 aromatic heterocycles. The molecule has 1 N–H and O–H groups in total. The second-order valence-electron chi connectivity index (χ2n) is 6.53. The van der Waals surface area contributed by atoms with Crippen molar-refractivity contribution in [3.8, 4) is 10.6 Å². The van der Waals surface area contributed by atoms with Crippen molar-refractivity contribution in [2.75, 3.05) is 5.32 Å². The Balaban J connectivity index is 1.55. The highest BCUT2D eigenvalue weighted by atomic mass is 32.1. The first kappa shape index (κ1) is 18.8. The normalized spacial score (nSPS) is 10.5. The molecule has 0 saturated carbocycles. The highest BCUT2D eigenvalue weighted by molar-refractivity contribution is 7.17. The minimum atomic E-state index is -0.230. The third-order valence-electron chi connectivity index (χ3n) is 4.44. The number of anilines is 1. The first-order chi connectivity index (χ1) is 14.1. The summed E-state index contributed by atoms with van der Waals surface area (Å²) in [7, 11) is 0. The standard InChI is InChI=1S/C24H18N2O2S/c1-16-22(29-24(25-16)18-11-6-3-7-12-18)23(28)26-20-14-8-13-19(15-20)21(27)17-9-4-2-5-10-17/h2-15H,1H3,(H,26,28). The highest BCUT2D eigenvalue weighted by Crippen LogP contribution is 2.28. The number of aromatic nitrogens is 1. The zero-order valence-corrected chi connectivity index (χ0v) is 16.6. The average molecular weight is 398 g/mol. The fraction of sp³-hybridized carbons (Fsp3) is 0.0417. The number of nitrogens with zero attached hydrogens (tertiary/aromatic N) is 1. The largest absolute Gasteiger partial charge is 0.321 e. The number of hydrogen-bond donors (Lipinski definition) is 1. The van der Waals surface area contributed by atoms with E-state index < -0.39 is 0 Å². The van der Waals surface area contributed by atoms with Gasteiger partial charge < -0.3 is 5.32 Å². The summed E-state index contributed by atoms with van der Waals surface area (Å²) in [6.07, 6.45) is 0. The summed E-state index contributed by atoms with van der Waals surface area (Å²) < 4.78 is 0. The van der Waals surface area contributed by atoms with Crippen LogP contribution in [0.25, 0.3) is 10.6 Å². The van der Waals surface area contributed by atoms with Crippen LogP contribution in [0.5, 0.6) is 0 Å². The average Bonchev–Trinajstić information content (AvgIpc) is 3.16. The molecule has 29 heavy (non-hydrogen) atoms. The lowest BCUT2D eigenvalue weighted by atomic mass is 10.0. The lowest BCUT2D eigenvalue weighted by molar-refractivity contribution is 0.102. The Morgan fingerprint density at radius 2 is 1.48 bits per heavy atom. The lowest BCUT2D eigenvalue weighted by Gasteiger charge is -2.07. The van der Waals surface area contributed by atoms with Crippen molar-refractivity contribution >= 4 is 28.7 Å². The minimum Gasteiger partial charge on any atom is -0.321 e. The fourth-order valence-electron chi connectivity index (χ4n) is 2.99. The molecule has 3 aromatic carbocycles. The molecule has 0 fully saturated rings. The number of benzene rings is 3. The maximum absolute atomic E-state index is 12.8. The lowest BCUT2D eigenvalue weighted by Crippen LogP contribution is -2.12. The van der Waals surface area contributed by atoms with Crippen molar-refractivity contribution in [3.05, 3.63) is 107 Å². The van der Waals surface area contributed by atoms with Gasteiger partial charge in [0.05, 0.1) is 5.69 Å². The first-order valence-corrected chi connectivity index (χ1v) is 9.97. The summed E-state index contributed by atoms with van der Waals surface area (Å²) >= 11 is 1.36. The topological polar surface area (TPSA) is 59.1 Å². The van der Waals surface area contributed by atoms with Gasteiger partial charge in [0, 0.05) is 22.4 Å². The van der Waals surface area contributed by atoms with Gasteiger partial charge in [-0.2, -0.15) is 0 Å². The Morgan fingerprint density at radius 1 is 0.828 bits per heavy atom. The molecule has 5 heteroatoms. The summed E-state index contributed by atoms with van der Waals surface area (Å²) in [6.45, 7) is 1.83. The molecule has 1 amide bonds. The van der Waals surface area contributed by atoms with E-state index in [0.717, 1.165) is 10.6 Å². The van der Waals surface area contributed by atoms with Gasteiger partial charge in [-0.15, -0.1) is 11.3 Å². The first-order valence-electron chi connectivity index (χ1n) is 9.16. The second-order valence-corrected chi connectivity index (χ2v) is 7.53. The van der Waals surface area contributed by atoms with Crippen LogP contribution in [0, 0.1) is 6.92 Å². The number of thiazole rings is 1. The van der Waals surface area contributed by atoms with E-state index in [9.17, 15) is 9.59 Å². The van der Waals surface area contributed by atoms with E-state index in [2.05, 4.69) is 10.3 Å².